The number of hydrazine groups is 2. The molecule has 34 heteroatoms. The summed E-state index contributed by atoms with van der Waals surface area (Å²) in [6.45, 7) is 18.0. The molecule has 34 nitrogen and oxygen atoms in total. The van der Waals surface area contributed by atoms with Crippen molar-refractivity contribution in [1.82, 2.24) is 70.4 Å². The fraction of sp³-hybridized carbons (Fsp3) is 0.174. The number of hydrogen-bond donors (Lipinski definition) is 9. The van der Waals surface area contributed by atoms with Gasteiger partial charge in [-0.15, -0.1) is 20.4 Å². The second kappa shape index (κ2) is 39.9. The van der Waals surface area contributed by atoms with Crippen molar-refractivity contribution in [3.05, 3.63) is 309 Å². The highest BCUT2D eigenvalue weighted by Gasteiger charge is 2.26. The fourth-order valence-electron chi connectivity index (χ4n) is 11.2. The van der Waals surface area contributed by atoms with Gasteiger partial charge in [0.05, 0.1) is 75.4 Å². The van der Waals surface area contributed by atoms with Crippen LogP contribution in [0.15, 0.2) is 228 Å². The van der Waals surface area contributed by atoms with Crippen molar-refractivity contribution >= 4 is 64.4 Å². The van der Waals surface area contributed by atoms with Gasteiger partial charge in [-0.2, -0.15) is 20.4 Å². The van der Waals surface area contributed by atoms with E-state index in [1.165, 1.54) is 67.6 Å². The van der Waals surface area contributed by atoms with E-state index in [-0.39, 0.29) is 57.5 Å². The van der Waals surface area contributed by atoms with Crippen molar-refractivity contribution in [2.45, 2.75) is 80.8 Å². The number of anilines is 4. The average molecular weight is 1630 g/mol. The minimum Gasteiger partial charge on any atom is -0.478 e. The van der Waals surface area contributed by atoms with Crippen LogP contribution in [0.25, 0.3) is 45.7 Å². The van der Waals surface area contributed by atoms with Gasteiger partial charge in [0.2, 0.25) is 23.6 Å². The van der Waals surface area contributed by atoms with Gasteiger partial charge in [0.1, 0.15) is 28.9 Å². The van der Waals surface area contributed by atoms with Gasteiger partial charge in [0.15, 0.2) is 23.1 Å². The molecule has 0 spiro atoms. The molecule has 0 saturated carbocycles. The molecule has 0 fully saturated rings. The Balaban J connectivity index is 0.000000171. The number of methoxy groups -OCH3 is 3. The zero-order valence-corrected chi connectivity index (χ0v) is 67.9. The smallest absolute Gasteiger partial charge is 0.421 e. The molecule has 15 N–H and O–H groups in total. The summed E-state index contributed by atoms with van der Waals surface area (Å²) >= 11 is 0. The molecule has 0 aliphatic rings. The van der Waals surface area contributed by atoms with E-state index in [1.54, 1.807) is 148 Å². The number of nitrogen functional groups attached to an aromatic ring is 5. The van der Waals surface area contributed by atoms with Gasteiger partial charge in [-0.3, -0.25) is 34.8 Å². The lowest BCUT2D eigenvalue weighted by Crippen LogP contribution is -2.36. The third kappa shape index (κ3) is 21.8. The van der Waals surface area contributed by atoms with Gasteiger partial charge in [0.25, 0.3) is 11.9 Å². The molecule has 618 valence electrons. The zero-order chi connectivity index (χ0) is 87.3. The van der Waals surface area contributed by atoms with E-state index in [9.17, 15) is 33.6 Å². The number of benzene rings is 8. The maximum absolute atomic E-state index is 12.7. The van der Waals surface area contributed by atoms with Crippen molar-refractivity contribution in [3.63, 3.8) is 0 Å². The molecule has 0 bridgehead atoms. The first-order chi connectivity index (χ1) is 57.2. The molecule has 6 heterocycles. The standard InChI is InChI=1S/2C20H17N5O2.C18H17N5O2.C18H15N3O3.C5H12N2O2.C5H12O3/c2*1-12-8-9-15(20-24-23-13(2)27-20)10-17(12)25-19(21)16(11-22-25)18(26)14-6-4-3-5-7-14;1-11-7-8-13(18(25)22-20)9-15(11)23-17(19)14(10-21-23)16(24)12-5-3-2-4-6-12;1-11-7-8-13(18(23)24)9-15(11)21-17(19)14(10-20-21)16(22)12-5-3-2-4-6-12;1-5(2,3)9-4(8)7-6;1-5(6-2,7-3)8-4/h2*3-11H,21H2,1-2H3;2-10H,19-20H2,1H3,(H,22,25);2-10H,19H2,1H3,(H,23,24);6H2,1-3H3,(H,7,8);1-4H3. The number of carboxylic acids is 1. The zero-order valence-electron chi connectivity index (χ0n) is 67.9. The lowest BCUT2D eigenvalue weighted by molar-refractivity contribution is -0.340. The molecule has 14 aromatic rings. The number of aromatic nitrogens is 12. The summed E-state index contributed by atoms with van der Waals surface area (Å²) in [5, 5.41) is 42.0. The SMILES string of the molecule is CC(C)(C)OC(=O)NN.COC(C)(OC)OC.Cc1ccc(C(=O)NN)cc1-n1ncc(C(=O)c2ccccc2)c1N.Cc1ccc(C(=O)O)cc1-n1ncc(C(=O)c2ccccc2)c1N.Cc1nnc(-c2ccc(C)c(-n3ncc(C(=O)c4ccccc4)c3N)c2)o1.Cc1nnc(-c2ccc(C)c(-n3ncc(C(=O)c4ccccc4)c3N)c2)o1. The molecular weight excluding hydrogens is 1540 g/mol. The first-order valence-electron chi connectivity index (χ1n) is 36.6. The molecule has 0 unspecified atom stereocenters. The Morgan fingerprint density at radius 2 is 0.658 bits per heavy atom. The Labute approximate surface area is 689 Å². The summed E-state index contributed by atoms with van der Waals surface area (Å²) in [6, 6.07) is 56.7. The summed E-state index contributed by atoms with van der Waals surface area (Å²) in [7, 11) is 4.56. The van der Waals surface area contributed by atoms with Crippen LogP contribution in [-0.2, 0) is 18.9 Å². The van der Waals surface area contributed by atoms with E-state index in [0.29, 0.717) is 79.4 Å². The molecule has 0 atom stereocenters. The minimum absolute atomic E-state index is 0.126. The summed E-state index contributed by atoms with van der Waals surface area (Å²) in [4.78, 5) is 83.9. The number of rotatable bonds is 19. The highest BCUT2D eigenvalue weighted by Crippen LogP contribution is 2.31. The number of ether oxygens (including phenoxy) is 4. The van der Waals surface area contributed by atoms with Crippen molar-refractivity contribution in [3.8, 4) is 45.7 Å². The number of nitrogens with zero attached hydrogens (tertiary/aromatic N) is 12. The first kappa shape index (κ1) is 88.7. The van der Waals surface area contributed by atoms with Crippen LogP contribution in [0.2, 0.25) is 0 Å². The Hall–Kier alpha value is -15.2. The van der Waals surface area contributed by atoms with Crippen LogP contribution >= 0.6 is 0 Å². The number of ketones is 4. The molecule has 120 heavy (non-hydrogen) atoms. The predicted octanol–water partition coefficient (Wildman–Crippen LogP) is 12.0. The van der Waals surface area contributed by atoms with Gasteiger partial charge in [-0.25, -0.2) is 40.0 Å². The number of carbonyl (C=O) groups excluding carboxylic acids is 6. The molecule has 8 aromatic carbocycles. The van der Waals surface area contributed by atoms with E-state index in [4.69, 9.17) is 67.5 Å². The Morgan fingerprint density at radius 1 is 0.375 bits per heavy atom. The van der Waals surface area contributed by atoms with Crippen LogP contribution in [0.4, 0.5) is 28.1 Å². The van der Waals surface area contributed by atoms with Crippen LogP contribution in [0.1, 0.15) is 146 Å². The summed E-state index contributed by atoms with van der Waals surface area (Å²) in [6.07, 6.45) is 5.21. The number of nitrogens with one attached hydrogen (secondary N) is 2. The monoisotopic (exact) mass is 1630 g/mol. The number of aromatic carboxylic acids is 1. The van der Waals surface area contributed by atoms with Crippen molar-refractivity contribution < 1.29 is 66.5 Å². The third-order valence-electron chi connectivity index (χ3n) is 17.9. The fourth-order valence-corrected chi connectivity index (χ4v) is 11.2. The summed E-state index contributed by atoms with van der Waals surface area (Å²) in [5.41, 5.74) is 39.9. The van der Waals surface area contributed by atoms with E-state index in [1.807, 2.05) is 118 Å². The van der Waals surface area contributed by atoms with Gasteiger partial charge < -0.3 is 55.8 Å². The number of amides is 2. The Kier molecular flexibility index (Phi) is 29.5. The third-order valence-corrected chi connectivity index (χ3v) is 17.9. The first-order valence-corrected chi connectivity index (χ1v) is 36.6. The molecule has 0 radical (unpaired) electrons. The summed E-state index contributed by atoms with van der Waals surface area (Å²) in [5.74, 6) is 9.58. The molecule has 0 saturated heterocycles. The van der Waals surface area contributed by atoms with Gasteiger partial charge >= 0.3 is 12.1 Å². The highest BCUT2D eigenvalue weighted by atomic mass is 16.9. The maximum Gasteiger partial charge on any atom is 0.421 e. The Morgan fingerprint density at radius 3 is 0.900 bits per heavy atom. The summed E-state index contributed by atoms with van der Waals surface area (Å²) < 4.78 is 36.0. The van der Waals surface area contributed by atoms with Crippen molar-refractivity contribution in [1.29, 1.82) is 0 Å². The number of hydrogen-bond acceptors (Lipinski definition) is 27. The molecule has 0 aliphatic heterocycles. The second-order valence-electron chi connectivity index (χ2n) is 27.4. The normalized spacial score (nSPS) is 10.8. The highest BCUT2D eigenvalue weighted by molar-refractivity contribution is 6.14. The van der Waals surface area contributed by atoms with E-state index >= 15 is 0 Å². The predicted molar refractivity (Wildman–Crippen MR) is 448 cm³/mol. The van der Waals surface area contributed by atoms with Gasteiger partial charge in [-0.05, 0) is 119 Å². The second-order valence-corrected chi connectivity index (χ2v) is 27.4. The largest absolute Gasteiger partial charge is 0.478 e. The molecule has 0 aliphatic carbocycles. The van der Waals surface area contributed by atoms with E-state index < -0.39 is 29.5 Å². The molecule has 2 amide bonds. The number of aryl methyl sites for hydroxylation is 6. The lowest BCUT2D eigenvalue weighted by atomic mass is 10.1. The van der Waals surface area contributed by atoms with E-state index in [0.717, 1.165) is 44.8 Å². The average Bonchev–Trinajstić information content (AvgIpc) is 1.66. The van der Waals surface area contributed by atoms with Crippen LogP contribution < -0.4 is 45.5 Å². The molecular formula is C86H90N20O14. The van der Waals surface area contributed by atoms with Crippen LogP contribution in [-0.4, -0.2) is 139 Å². The quantitative estimate of drug-likeness (QED) is 0.0119. The molecule has 6 aromatic heterocycles. The van der Waals surface area contributed by atoms with Crippen LogP contribution in [0.3, 0.4) is 0 Å². The van der Waals surface area contributed by atoms with Crippen LogP contribution in [0, 0.1) is 41.5 Å². The number of carbonyl (C=O) groups is 7. The van der Waals surface area contributed by atoms with E-state index in [2.05, 4.69) is 46.2 Å². The van der Waals surface area contributed by atoms with Crippen molar-refractivity contribution in [2.75, 3.05) is 44.3 Å². The van der Waals surface area contributed by atoms with Crippen molar-refractivity contribution in [2.24, 2.45) is 11.7 Å². The Bertz CT molecular complexity index is 5760. The lowest BCUT2D eigenvalue weighted by Gasteiger charge is -2.23. The van der Waals surface area contributed by atoms with Gasteiger partial charge in [-0.1, -0.05) is 146 Å². The topological polar surface area (TPSA) is 506 Å². The van der Waals surface area contributed by atoms with Crippen LogP contribution in [0.5, 0.6) is 0 Å². The minimum atomic E-state index is -1.04. The number of carboxylic acid groups (broad SMARTS) is 1. The number of nitrogens with two attached hydrogens (primary N) is 6. The molecule has 14 rings (SSSR count). The van der Waals surface area contributed by atoms with Gasteiger partial charge in [0, 0.05) is 81.0 Å². The maximum atomic E-state index is 12.7.